The number of hydrogen-bond donors (Lipinski definition) is 0. The van der Waals surface area contributed by atoms with Gasteiger partial charge in [-0.05, 0) is 24.3 Å². The van der Waals surface area contributed by atoms with E-state index in [-0.39, 0.29) is 25.4 Å². The summed E-state index contributed by atoms with van der Waals surface area (Å²) in [7, 11) is 1.57. The lowest BCUT2D eigenvalue weighted by Gasteiger charge is -2.16. The van der Waals surface area contributed by atoms with Crippen molar-refractivity contribution in [1.29, 1.82) is 0 Å². The predicted molar refractivity (Wildman–Crippen MR) is 92.6 cm³/mol. The highest BCUT2D eigenvalue weighted by Crippen LogP contribution is 2.22. The van der Waals surface area contributed by atoms with Crippen LogP contribution >= 0.6 is 0 Å². The summed E-state index contributed by atoms with van der Waals surface area (Å²) < 4.78 is 10.1. The van der Waals surface area contributed by atoms with Crippen LogP contribution < -0.4 is 0 Å². The average molecular weight is 370 g/mol. The van der Waals surface area contributed by atoms with E-state index < -0.39 is 24.4 Å². The molecule has 2 heterocycles. The molecule has 0 atom stereocenters. The first-order chi connectivity index (χ1) is 13.0. The van der Waals surface area contributed by atoms with E-state index in [1.54, 1.807) is 43.4 Å². The SMILES string of the molecule is CN(Cc1ccco1)C(=O)COC(=O)CCN1C(=O)c2ccccc2C1=O. The van der Waals surface area contributed by atoms with Crippen LogP contribution in [0.2, 0.25) is 0 Å². The minimum atomic E-state index is -0.661. The zero-order chi connectivity index (χ0) is 19.4. The number of ether oxygens (including phenoxy) is 1. The smallest absolute Gasteiger partial charge is 0.308 e. The van der Waals surface area contributed by atoms with E-state index in [1.807, 2.05) is 0 Å². The van der Waals surface area contributed by atoms with E-state index in [0.29, 0.717) is 16.9 Å². The van der Waals surface area contributed by atoms with Gasteiger partial charge in [-0.1, -0.05) is 12.1 Å². The van der Waals surface area contributed by atoms with Crippen molar-refractivity contribution in [3.05, 3.63) is 59.5 Å². The summed E-state index contributed by atoms with van der Waals surface area (Å²) >= 11 is 0. The van der Waals surface area contributed by atoms with Crippen molar-refractivity contribution >= 4 is 23.7 Å². The maximum atomic E-state index is 12.2. The Labute approximate surface area is 155 Å². The number of likely N-dealkylation sites (N-methyl/N-ethyl adjacent to an activating group) is 1. The normalized spacial score (nSPS) is 12.9. The zero-order valence-corrected chi connectivity index (χ0v) is 14.7. The molecule has 3 rings (SSSR count). The number of fused-ring (bicyclic) bond motifs is 1. The van der Waals surface area contributed by atoms with Crippen LogP contribution in [0.5, 0.6) is 0 Å². The Morgan fingerprint density at radius 1 is 1.07 bits per heavy atom. The molecule has 1 aromatic heterocycles. The summed E-state index contributed by atoms with van der Waals surface area (Å²) in [5, 5.41) is 0. The largest absolute Gasteiger partial charge is 0.467 e. The lowest BCUT2D eigenvalue weighted by atomic mass is 10.1. The Balaban J connectivity index is 1.44. The molecule has 140 valence electrons. The van der Waals surface area contributed by atoms with Crippen LogP contribution in [-0.4, -0.2) is 53.7 Å². The van der Waals surface area contributed by atoms with Gasteiger partial charge in [0.1, 0.15) is 5.76 Å². The molecule has 0 unspecified atom stereocenters. The first-order valence-corrected chi connectivity index (χ1v) is 8.34. The van der Waals surface area contributed by atoms with Gasteiger partial charge in [0.2, 0.25) is 0 Å². The molecule has 3 amide bonds. The minimum absolute atomic E-state index is 0.0956. The average Bonchev–Trinajstić information content (AvgIpc) is 3.26. The Hall–Kier alpha value is -3.42. The molecule has 8 heteroatoms. The topological polar surface area (TPSA) is 97.1 Å². The van der Waals surface area contributed by atoms with Gasteiger partial charge < -0.3 is 14.1 Å². The minimum Gasteiger partial charge on any atom is -0.467 e. The number of imide groups is 1. The van der Waals surface area contributed by atoms with Crippen LogP contribution in [0.1, 0.15) is 32.9 Å². The molecule has 0 saturated heterocycles. The van der Waals surface area contributed by atoms with Crippen molar-refractivity contribution in [2.75, 3.05) is 20.2 Å². The standard InChI is InChI=1S/C19H18N2O6/c1-20(11-13-5-4-10-26-13)16(22)12-27-17(23)8-9-21-18(24)14-6-2-3-7-15(14)19(21)25/h2-7,10H,8-9,11-12H2,1H3. The quantitative estimate of drug-likeness (QED) is 0.541. The molecule has 1 aliphatic rings. The van der Waals surface area contributed by atoms with Gasteiger partial charge in [-0.2, -0.15) is 0 Å². The van der Waals surface area contributed by atoms with Crippen molar-refractivity contribution in [3.63, 3.8) is 0 Å². The highest BCUT2D eigenvalue weighted by molar-refractivity contribution is 6.21. The Morgan fingerprint density at radius 3 is 2.33 bits per heavy atom. The van der Waals surface area contributed by atoms with Crippen molar-refractivity contribution in [1.82, 2.24) is 9.80 Å². The van der Waals surface area contributed by atoms with Gasteiger partial charge in [-0.15, -0.1) is 0 Å². The maximum Gasteiger partial charge on any atom is 0.308 e. The number of carbonyl (C=O) groups excluding carboxylic acids is 4. The van der Waals surface area contributed by atoms with Crippen LogP contribution in [0.4, 0.5) is 0 Å². The third-order valence-corrected chi connectivity index (χ3v) is 4.17. The molecule has 8 nitrogen and oxygen atoms in total. The van der Waals surface area contributed by atoms with E-state index in [2.05, 4.69) is 0 Å². The lowest BCUT2D eigenvalue weighted by Crippen LogP contribution is -2.33. The number of amides is 3. The van der Waals surface area contributed by atoms with Crippen LogP contribution in [0.3, 0.4) is 0 Å². The van der Waals surface area contributed by atoms with Gasteiger partial charge in [-0.25, -0.2) is 0 Å². The summed E-state index contributed by atoms with van der Waals surface area (Å²) in [4.78, 5) is 50.6. The third kappa shape index (κ3) is 4.05. The fourth-order valence-electron chi connectivity index (χ4n) is 2.69. The highest BCUT2D eigenvalue weighted by atomic mass is 16.5. The number of furan rings is 1. The number of esters is 1. The second-order valence-corrected chi connectivity index (χ2v) is 6.05. The van der Waals surface area contributed by atoms with Crippen LogP contribution in [0, 0.1) is 0 Å². The summed E-state index contributed by atoms with van der Waals surface area (Å²) in [6.07, 6.45) is 1.33. The summed E-state index contributed by atoms with van der Waals surface area (Å²) in [6, 6.07) is 9.94. The molecule has 0 N–H and O–H groups in total. The number of hydrogen-bond acceptors (Lipinski definition) is 6. The predicted octanol–water partition coefficient (Wildman–Crippen LogP) is 1.47. The van der Waals surface area contributed by atoms with E-state index in [4.69, 9.17) is 9.15 Å². The Kier molecular flexibility index (Phi) is 5.35. The lowest BCUT2D eigenvalue weighted by molar-refractivity contribution is -0.151. The second kappa shape index (κ2) is 7.86. The van der Waals surface area contributed by atoms with Crippen molar-refractivity contribution in [3.8, 4) is 0 Å². The van der Waals surface area contributed by atoms with E-state index in [1.165, 1.54) is 11.2 Å². The molecular formula is C19H18N2O6. The van der Waals surface area contributed by atoms with Gasteiger partial charge >= 0.3 is 5.97 Å². The molecule has 0 radical (unpaired) electrons. The molecule has 0 aliphatic carbocycles. The maximum absolute atomic E-state index is 12.2. The number of nitrogens with zero attached hydrogens (tertiary/aromatic N) is 2. The zero-order valence-electron chi connectivity index (χ0n) is 14.7. The number of rotatable bonds is 7. The molecule has 0 spiro atoms. The van der Waals surface area contributed by atoms with Gasteiger partial charge in [0, 0.05) is 13.6 Å². The second-order valence-electron chi connectivity index (χ2n) is 6.05. The first-order valence-electron chi connectivity index (χ1n) is 8.34. The molecule has 2 aromatic rings. The Bertz CT molecular complexity index is 839. The fraction of sp³-hybridized carbons (Fsp3) is 0.263. The summed E-state index contributed by atoms with van der Waals surface area (Å²) in [5.74, 6) is -1.30. The molecular weight excluding hydrogens is 352 g/mol. The first kappa shape index (κ1) is 18.4. The number of benzene rings is 1. The fourth-order valence-corrected chi connectivity index (χ4v) is 2.69. The molecule has 0 saturated carbocycles. The Morgan fingerprint density at radius 2 is 1.74 bits per heavy atom. The van der Waals surface area contributed by atoms with Gasteiger partial charge in [-0.3, -0.25) is 24.1 Å². The summed E-state index contributed by atoms with van der Waals surface area (Å²) in [5.41, 5.74) is 0.649. The van der Waals surface area contributed by atoms with E-state index in [0.717, 1.165) is 4.90 Å². The van der Waals surface area contributed by atoms with E-state index in [9.17, 15) is 19.2 Å². The molecule has 0 fully saturated rings. The number of carbonyl (C=O) groups is 4. The van der Waals surface area contributed by atoms with Crippen molar-refractivity contribution in [2.24, 2.45) is 0 Å². The van der Waals surface area contributed by atoms with Gasteiger partial charge in [0.15, 0.2) is 6.61 Å². The summed E-state index contributed by atoms with van der Waals surface area (Å²) in [6.45, 7) is -0.252. The molecule has 1 aromatic carbocycles. The third-order valence-electron chi connectivity index (χ3n) is 4.17. The highest BCUT2D eigenvalue weighted by Gasteiger charge is 2.35. The van der Waals surface area contributed by atoms with Gasteiger partial charge in [0.25, 0.3) is 17.7 Å². The van der Waals surface area contributed by atoms with Crippen LogP contribution in [0.15, 0.2) is 47.1 Å². The monoisotopic (exact) mass is 370 g/mol. The molecule has 1 aliphatic heterocycles. The van der Waals surface area contributed by atoms with E-state index >= 15 is 0 Å². The van der Waals surface area contributed by atoms with Gasteiger partial charge in [0.05, 0.1) is 30.4 Å². The van der Waals surface area contributed by atoms with Crippen molar-refractivity contribution < 1.29 is 28.3 Å². The molecule has 0 bridgehead atoms. The van der Waals surface area contributed by atoms with Crippen LogP contribution in [0.25, 0.3) is 0 Å². The molecule has 27 heavy (non-hydrogen) atoms. The van der Waals surface area contributed by atoms with Crippen LogP contribution in [-0.2, 0) is 20.9 Å². The van der Waals surface area contributed by atoms with Crippen molar-refractivity contribution in [2.45, 2.75) is 13.0 Å².